The summed E-state index contributed by atoms with van der Waals surface area (Å²) in [4.78, 5) is 13.7. The highest BCUT2D eigenvalue weighted by molar-refractivity contribution is 5.95. The van der Waals surface area contributed by atoms with Crippen LogP contribution in [0.5, 0.6) is 17.2 Å². The molecule has 0 radical (unpaired) electrons. The van der Waals surface area contributed by atoms with Gasteiger partial charge in [-0.05, 0) is 56.1 Å². The number of phenols is 1. The highest BCUT2D eigenvalue weighted by Crippen LogP contribution is 2.35. The molecule has 0 spiro atoms. The molecule has 1 aliphatic heterocycles. The van der Waals surface area contributed by atoms with E-state index in [0.29, 0.717) is 17.5 Å². The second kappa shape index (κ2) is 10.3. The molecule has 170 valence electrons. The van der Waals surface area contributed by atoms with Crippen LogP contribution >= 0.6 is 0 Å². The van der Waals surface area contributed by atoms with Crippen LogP contribution in [0.2, 0.25) is 0 Å². The summed E-state index contributed by atoms with van der Waals surface area (Å²) >= 11 is 0. The van der Waals surface area contributed by atoms with E-state index in [1.165, 1.54) is 29.7 Å². The number of carbonyl (C=O) groups is 1. The van der Waals surface area contributed by atoms with E-state index >= 15 is 0 Å². The van der Waals surface area contributed by atoms with Crippen LogP contribution in [0.3, 0.4) is 0 Å². The molecule has 7 heteroatoms. The highest BCUT2D eigenvalue weighted by atomic mass is 16.5. The van der Waals surface area contributed by atoms with Gasteiger partial charge in [-0.3, -0.25) is 14.4 Å². The van der Waals surface area contributed by atoms with Crippen LogP contribution in [0.1, 0.15) is 59.9 Å². The van der Waals surface area contributed by atoms with Gasteiger partial charge in [0.1, 0.15) is 17.2 Å². The minimum Gasteiger partial charge on any atom is -0.507 e. The molecule has 1 aliphatic rings. The molecule has 2 aromatic carbocycles. The van der Waals surface area contributed by atoms with Crippen molar-refractivity contribution in [1.82, 2.24) is 14.7 Å². The number of benzene rings is 2. The summed E-state index contributed by atoms with van der Waals surface area (Å²) in [7, 11) is 1.97. The van der Waals surface area contributed by atoms with Crippen LogP contribution in [-0.2, 0) is 13.6 Å². The fourth-order valence-corrected chi connectivity index (χ4v) is 4.13. The first-order valence-electron chi connectivity index (χ1n) is 11.0. The number of hydrogen-bond donors (Lipinski definition) is 2. The van der Waals surface area contributed by atoms with E-state index in [1.54, 1.807) is 6.07 Å². The Bertz CT molecular complexity index is 1060. The van der Waals surface area contributed by atoms with E-state index < -0.39 is 5.91 Å². The van der Waals surface area contributed by atoms with Crippen LogP contribution in [-0.4, -0.2) is 32.2 Å². The van der Waals surface area contributed by atoms with Gasteiger partial charge in [0.25, 0.3) is 5.91 Å². The van der Waals surface area contributed by atoms with Gasteiger partial charge in [-0.25, -0.2) is 0 Å². The van der Waals surface area contributed by atoms with Gasteiger partial charge in [-0.1, -0.05) is 26.0 Å². The second-order valence-corrected chi connectivity index (χ2v) is 7.76. The second-order valence-electron chi connectivity index (χ2n) is 7.76. The van der Waals surface area contributed by atoms with E-state index in [0.717, 1.165) is 25.2 Å². The molecule has 1 amide bonds. The van der Waals surface area contributed by atoms with Gasteiger partial charge >= 0.3 is 0 Å². The van der Waals surface area contributed by atoms with Crippen molar-refractivity contribution in [1.29, 1.82) is 0 Å². The smallest absolute Gasteiger partial charge is 0.252 e. The number of likely N-dealkylation sites (tertiary alicyclic amines) is 1. The first-order valence-corrected chi connectivity index (χ1v) is 11.0. The predicted molar refractivity (Wildman–Crippen MR) is 125 cm³/mol. The first-order chi connectivity index (χ1) is 15.4. The molecule has 3 N–H and O–H groups in total. The predicted octanol–water partition coefficient (Wildman–Crippen LogP) is 4.69. The van der Waals surface area contributed by atoms with Gasteiger partial charge in [-0.2, -0.15) is 5.10 Å². The molecule has 1 unspecified atom stereocenters. The molecule has 0 aliphatic carbocycles. The molecular weight excluding hydrogens is 404 g/mol. The molecule has 4 rings (SSSR count). The maximum atomic E-state index is 11.2. The lowest BCUT2D eigenvalue weighted by Gasteiger charge is -2.24. The molecular formula is C25H32N4O3. The van der Waals surface area contributed by atoms with Crippen molar-refractivity contribution in [2.24, 2.45) is 12.8 Å². The summed E-state index contributed by atoms with van der Waals surface area (Å²) in [6.07, 6.45) is 4.47. The fraction of sp³-hybridized carbons (Fsp3) is 0.360. The Balaban J connectivity index is 0.00000141. The number of ether oxygens (including phenoxy) is 1. The Morgan fingerprint density at radius 2 is 1.88 bits per heavy atom. The number of amides is 1. The number of aromatic nitrogens is 2. The molecule has 1 aromatic heterocycles. The van der Waals surface area contributed by atoms with Crippen LogP contribution in [0.25, 0.3) is 0 Å². The zero-order chi connectivity index (χ0) is 23.3. The van der Waals surface area contributed by atoms with E-state index in [9.17, 15) is 9.90 Å². The first kappa shape index (κ1) is 23.3. The van der Waals surface area contributed by atoms with E-state index in [-0.39, 0.29) is 11.3 Å². The number of nitrogens with zero attached hydrogens (tertiary/aromatic N) is 3. The molecule has 1 fully saturated rings. The normalized spacial score (nSPS) is 15.8. The van der Waals surface area contributed by atoms with Crippen molar-refractivity contribution in [3.63, 3.8) is 0 Å². The summed E-state index contributed by atoms with van der Waals surface area (Å²) in [5, 5.41) is 14.4. The number of carbonyl (C=O) groups excluding carboxylic acids is 1. The summed E-state index contributed by atoms with van der Waals surface area (Å²) < 4.78 is 7.68. The molecule has 2 heterocycles. The third kappa shape index (κ3) is 5.29. The number of aromatic hydroxyl groups is 1. The Morgan fingerprint density at radius 3 is 2.47 bits per heavy atom. The van der Waals surface area contributed by atoms with Crippen LogP contribution in [0.4, 0.5) is 0 Å². The third-order valence-electron chi connectivity index (χ3n) is 5.55. The summed E-state index contributed by atoms with van der Waals surface area (Å²) in [6.45, 7) is 8.02. The van der Waals surface area contributed by atoms with Crippen LogP contribution in [0.15, 0.2) is 48.7 Å². The lowest BCUT2D eigenvalue weighted by molar-refractivity contribution is 0.0997. The molecule has 3 aromatic rings. The average molecular weight is 437 g/mol. The van der Waals surface area contributed by atoms with Crippen molar-refractivity contribution in [3.05, 3.63) is 71.0 Å². The summed E-state index contributed by atoms with van der Waals surface area (Å²) in [6, 6.07) is 12.8. The van der Waals surface area contributed by atoms with Crippen LogP contribution in [0, 0.1) is 6.92 Å². The number of nitrogens with two attached hydrogens (primary N) is 1. The molecule has 7 nitrogen and oxygen atoms in total. The Kier molecular flexibility index (Phi) is 7.53. The van der Waals surface area contributed by atoms with Crippen molar-refractivity contribution in [3.8, 4) is 17.2 Å². The van der Waals surface area contributed by atoms with Crippen molar-refractivity contribution in [2.75, 3.05) is 6.54 Å². The van der Waals surface area contributed by atoms with Gasteiger partial charge in [-0.15, -0.1) is 0 Å². The van der Waals surface area contributed by atoms with Crippen molar-refractivity contribution < 1.29 is 14.6 Å². The quantitative estimate of drug-likeness (QED) is 0.585. The lowest BCUT2D eigenvalue weighted by atomic mass is 10.1. The summed E-state index contributed by atoms with van der Waals surface area (Å²) in [5.41, 5.74) is 8.91. The van der Waals surface area contributed by atoms with Gasteiger partial charge < -0.3 is 15.6 Å². The standard InChI is InChI=1S/C23H26N4O3.C2H6/c1-15-20(14-26(2)25-15)21-4-3-11-27(21)13-16-5-7-17(8-6-16)30-18-9-10-19(23(24)29)22(28)12-18;1-2/h5-10,12,14,21,28H,3-4,11,13H2,1-2H3,(H2,24,29);1-2H3. The third-order valence-corrected chi connectivity index (χ3v) is 5.55. The zero-order valence-electron chi connectivity index (χ0n) is 19.2. The topological polar surface area (TPSA) is 93.6 Å². The Labute approximate surface area is 189 Å². The Hall–Kier alpha value is -3.32. The van der Waals surface area contributed by atoms with E-state index in [4.69, 9.17) is 10.5 Å². The van der Waals surface area contributed by atoms with Gasteiger partial charge in [0.2, 0.25) is 0 Å². The number of aryl methyl sites for hydroxylation is 2. The minimum atomic E-state index is -0.676. The minimum absolute atomic E-state index is 0.0710. The monoisotopic (exact) mass is 436 g/mol. The largest absolute Gasteiger partial charge is 0.507 e. The van der Waals surface area contributed by atoms with Gasteiger partial charge in [0.15, 0.2) is 0 Å². The van der Waals surface area contributed by atoms with Crippen LogP contribution < -0.4 is 10.5 Å². The molecule has 1 atom stereocenters. The SMILES string of the molecule is CC.Cc1nn(C)cc1C1CCCN1Cc1ccc(Oc2ccc(C(N)=O)c(O)c2)cc1. The lowest BCUT2D eigenvalue weighted by Crippen LogP contribution is -2.23. The molecule has 0 bridgehead atoms. The van der Waals surface area contributed by atoms with Gasteiger partial charge in [0.05, 0.1) is 11.3 Å². The Morgan fingerprint density at radius 1 is 1.19 bits per heavy atom. The number of rotatable bonds is 6. The molecule has 32 heavy (non-hydrogen) atoms. The van der Waals surface area contributed by atoms with Crippen molar-refractivity contribution >= 4 is 5.91 Å². The highest BCUT2D eigenvalue weighted by Gasteiger charge is 2.28. The number of hydrogen-bond acceptors (Lipinski definition) is 5. The zero-order valence-corrected chi connectivity index (χ0v) is 19.2. The molecule has 1 saturated heterocycles. The van der Waals surface area contributed by atoms with Crippen molar-refractivity contribution in [2.45, 2.75) is 46.2 Å². The molecule has 0 saturated carbocycles. The summed E-state index contributed by atoms with van der Waals surface area (Å²) in [5.74, 6) is 0.232. The maximum Gasteiger partial charge on any atom is 0.252 e. The maximum absolute atomic E-state index is 11.2. The van der Waals surface area contributed by atoms with E-state index in [1.807, 2.05) is 37.7 Å². The fourth-order valence-electron chi connectivity index (χ4n) is 4.13. The van der Waals surface area contributed by atoms with Gasteiger partial charge in [0, 0.05) is 37.5 Å². The van der Waals surface area contributed by atoms with E-state index in [2.05, 4.69) is 35.3 Å². The number of primary amides is 1. The average Bonchev–Trinajstić information content (AvgIpc) is 3.35.